The second kappa shape index (κ2) is 47.7. The van der Waals surface area contributed by atoms with E-state index < -0.39 is 237 Å². The summed E-state index contributed by atoms with van der Waals surface area (Å²) in [5.74, 6) is -0.716. The molecule has 145 heavy (non-hydrogen) atoms. The monoisotopic (exact) mass is 2200 g/mol. The lowest BCUT2D eigenvalue weighted by Crippen LogP contribution is -2.41. The number of nitrogens with zero attached hydrogens (tertiary/aromatic N) is 16. The van der Waals surface area contributed by atoms with Crippen molar-refractivity contribution < 1.29 is 155 Å². The van der Waals surface area contributed by atoms with E-state index >= 15 is 9.13 Å². The number of phosphoric acid groups is 2. The highest BCUT2D eigenvalue weighted by molar-refractivity contribution is 8.09. The predicted molar refractivity (Wildman–Crippen MR) is 508 cm³/mol. The first kappa shape index (κ1) is 111. The van der Waals surface area contributed by atoms with Crippen molar-refractivity contribution in [3.8, 4) is 0 Å². The van der Waals surface area contributed by atoms with E-state index in [0.717, 1.165) is 30.9 Å². The summed E-state index contributed by atoms with van der Waals surface area (Å²) in [4.78, 5) is 176. The Kier molecular flexibility index (Phi) is 36.6. The summed E-state index contributed by atoms with van der Waals surface area (Å²) in [5, 5.41) is 11.8. The van der Waals surface area contributed by atoms with Gasteiger partial charge >= 0.3 is 46.2 Å². The predicted octanol–water partition coefficient (Wildman–Crippen LogP) is -1.67. The van der Waals surface area contributed by atoms with Crippen LogP contribution in [0, 0.1) is 20.8 Å². The van der Waals surface area contributed by atoms with Gasteiger partial charge in [-0.15, -0.1) is 0 Å². The number of rotatable bonds is 51. The minimum absolute atomic E-state index is 0.0131. The Bertz CT molecular complexity index is 6620. The summed E-state index contributed by atoms with van der Waals surface area (Å²) in [7, 11) is -4.80. The number of ether oxygens (including phenoxy) is 16. The van der Waals surface area contributed by atoms with Gasteiger partial charge in [0.1, 0.15) is 127 Å². The molecule has 61 nitrogen and oxygen atoms in total. The summed E-state index contributed by atoms with van der Waals surface area (Å²) < 4.78 is 190. The lowest BCUT2D eigenvalue weighted by molar-refractivity contribution is -0.0842. The van der Waals surface area contributed by atoms with Crippen LogP contribution in [-0.2, 0) is 161 Å². The smallest absolute Gasteiger partial charge is 0.387 e. The van der Waals surface area contributed by atoms with Gasteiger partial charge in [-0.2, -0.15) is 15.0 Å². The molecule has 0 saturated carbocycles. The normalized spacial score (nSPS) is 29.2. The van der Waals surface area contributed by atoms with Gasteiger partial charge in [0.2, 0.25) is 5.95 Å². The maximum atomic E-state index is 15.4. The van der Waals surface area contributed by atoms with Gasteiger partial charge in [-0.3, -0.25) is 74.1 Å². The molecule has 0 radical (unpaired) electrons. The van der Waals surface area contributed by atoms with Crippen LogP contribution in [0.1, 0.15) is 73.8 Å². The highest BCUT2D eigenvalue weighted by atomic mass is 32.5. The fourth-order valence-electron chi connectivity index (χ4n) is 16.8. The third kappa shape index (κ3) is 25.9. The van der Waals surface area contributed by atoms with E-state index in [9.17, 15) is 53.5 Å². The van der Waals surface area contributed by atoms with Crippen molar-refractivity contribution in [2.45, 2.75) is 182 Å². The molecule has 6 aliphatic heterocycles. The van der Waals surface area contributed by atoms with Crippen molar-refractivity contribution in [1.82, 2.24) is 87.2 Å². The van der Waals surface area contributed by atoms with Crippen LogP contribution < -0.4 is 56.9 Å². The van der Waals surface area contributed by atoms with E-state index in [1.165, 1.54) is 91.5 Å². The Hall–Kier alpha value is -7.94. The highest BCUT2D eigenvalue weighted by Crippen LogP contribution is 2.58. The molecule has 0 spiro atoms. The van der Waals surface area contributed by atoms with Crippen LogP contribution in [-0.4, -0.2) is 355 Å². The number of aliphatic hydroxyl groups excluding tert-OH is 1. The third-order valence-corrected chi connectivity index (χ3v) is 31.1. The van der Waals surface area contributed by atoms with Crippen LogP contribution in [0.4, 0.5) is 29.2 Å². The van der Waals surface area contributed by atoms with Crippen LogP contribution in [0.25, 0.3) is 33.5 Å². The standard InChI is InChI=1S/C76H110N23O38P5S3/c1-35-23-94(74(103)89-59(35)77)69-55(119-17-12-114-6)50(39(128-69)10-21-138(106,143)133-40-22-45(127-38(40)4)97-32-86-46-61(79)82-30-84-63(46)97)134-139(107,108)123-28-43-53(58(122-20-15-117-9)71(131-43)98-33-87-47-62(80)83-31-85-64(47)98)137-142(112,145)126-29-44-51(56(120-18-13-115-7)72(132-44)99-34-88-48-65(99)91-73(81)92-67(48)102)135-140(109,110)124-27-42-52(57(121-19-14-116-8)70(130-42)95-24-36(2)60(78)90-75(95)104)136-141(111,144)125-26-41-49(100)54(118-16-11-113-5)68(129-41)96-25-37(3)66(101)93-76(96)105/h23-25,30-34,38-45,49-58,68-72,100H,10-22,26-29H2,1-9H3,(H,106,143)(H,107,108)(H,109,110)(H,111,144)(H,112,145)(H2,77,89,103)(H2,78,90,104)(H2,79,82,84)(H2,80,83,85)(H,93,101,105)(H3,81,91,92,102)/t38-,39-,40?,41-,42-,43-,44-,45-,49?,50?,51?,52?,53?,54+,55+,56+,57+,58+,68-,69-,70-,71-,72-,138?,141?,142?/m1/s1. The van der Waals surface area contributed by atoms with E-state index in [4.69, 9.17) is 181 Å². The molecule has 11 unspecified atom stereocenters. The summed E-state index contributed by atoms with van der Waals surface area (Å²) in [6, 6.07) is 0. The van der Waals surface area contributed by atoms with E-state index in [0.29, 0.717) is 16.7 Å². The Morgan fingerprint density at radius 2 is 0.800 bits per heavy atom. The molecule has 0 aliphatic carbocycles. The van der Waals surface area contributed by atoms with E-state index in [-0.39, 0.29) is 142 Å². The average Bonchev–Trinajstić information content (AvgIpc) is 1.61. The molecule has 0 aromatic carbocycles. The van der Waals surface area contributed by atoms with Crippen LogP contribution in [0.2, 0.25) is 0 Å². The molecular weight excluding hydrogens is 2090 g/mol. The topological polar surface area (TPSA) is 792 Å². The van der Waals surface area contributed by atoms with Crippen molar-refractivity contribution in [3.63, 3.8) is 0 Å². The summed E-state index contributed by atoms with van der Waals surface area (Å²) in [5.41, 5.74) is 27.0. The zero-order valence-electron chi connectivity index (χ0n) is 78.7. The second-order valence-electron chi connectivity index (χ2n) is 33.5. The fourth-order valence-corrected chi connectivity index (χ4v) is 23.6. The summed E-state index contributed by atoms with van der Waals surface area (Å²) in [6.07, 6.45) is -26.2. The first-order valence-electron chi connectivity index (χ1n) is 44.4. The number of aryl methyl sites for hydroxylation is 3. The Labute approximate surface area is 835 Å². The lowest BCUT2D eigenvalue weighted by atomic mass is 10.1. The van der Waals surface area contributed by atoms with Gasteiger partial charge in [-0.05, 0) is 69.5 Å². The molecule has 28 atom stereocenters. The van der Waals surface area contributed by atoms with Gasteiger partial charge in [0, 0.05) is 83.4 Å². The van der Waals surface area contributed by atoms with Crippen LogP contribution in [0.5, 0.6) is 0 Å². The number of anilines is 5. The van der Waals surface area contributed by atoms with Crippen LogP contribution >= 0.6 is 35.6 Å². The average molecular weight is 2200 g/mol. The number of methoxy groups -OCH3 is 5. The van der Waals surface area contributed by atoms with Crippen molar-refractivity contribution >= 4 is 134 Å². The molecule has 9 aromatic heterocycles. The molecule has 800 valence electrons. The van der Waals surface area contributed by atoms with Crippen molar-refractivity contribution in [1.29, 1.82) is 0 Å². The number of aliphatic hydroxyl groups is 1. The molecule has 9 aromatic rings. The molecule has 6 aliphatic rings. The number of hydrogen-bond donors (Lipinski definition) is 13. The number of H-pyrrole nitrogens is 2. The van der Waals surface area contributed by atoms with Crippen molar-refractivity contribution in [2.75, 3.05) is 163 Å². The largest absolute Gasteiger partial charge is 0.472 e. The van der Waals surface area contributed by atoms with Gasteiger partial charge in [0.25, 0.3) is 11.1 Å². The van der Waals surface area contributed by atoms with E-state index in [2.05, 4.69) is 59.8 Å². The Morgan fingerprint density at radius 1 is 0.414 bits per heavy atom. The second-order valence-corrected chi connectivity index (χ2v) is 45.6. The Morgan fingerprint density at radius 3 is 1.28 bits per heavy atom. The van der Waals surface area contributed by atoms with Crippen molar-refractivity contribution in [3.05, 3.63) is 119 Å². The van der Waals surface area contributed by atoms with Gasteiger partial charge < -0.3 is 148 Å². The first-order valence-corrected chi connectivity index (χ1v) is 55.4. The van der Waals surface area contributed by atoms with Crippen molar-refractivity contribution in [2.24, 2.45) is 0 Å². The molecule has 18 N–H and O–H groups in total. The minimum atomic E-state index is -5.87. The third-order valence-electron chi connectivity index (χ3n) is 23.8. The van der Waals surface area contributed by atoms with E-state index in [1.807, 2.05) is 0 Å². The Balaban J connectivity index is 0.723. The zero-order chi connectivity index (χ0) is 104. The van der Waals surface area contributed by atoms with Gasteiger partial charge in [-0.1, -0.05) is 0 Å². The molecule has 15 heterocycles. The summed E-state index contributed by atoms with van der Waals surface area (Å²) >= 11 is 17.4. The lowest BCUT2D eigenvalue weighted by Gasteiger charge is -2.30. The molecule has 6 fully saturated rings. The van der Waals surface area contributed by atoms with Crippen LogP contribution in [0.15, 0.2) is 74.2 Å². The van der Waals surface area contributed by atoms with Gasteiger partial charge in [0.15, 0.2) is 71.7 Å². The number of aromatic amines is 2. The van der Waals surface area contributed by atoms with E-state index in [1.54, 1.807) is 18.4 Å². The molecule has 69 heteroatoms. The number of nitrogens with two attached hydrogens (primary N) is 5. The van der Waals surface area contributed by atoms with Crippen LogP contribution in [0.3, 0.4) is 0 Å². The zero-order valence-corrected chi connectivity index (χ0v) is 85.6. The number of imidazole rings is 3. The number of nitrogens with one attached hydrogen (secondary N) is 2. The molecule has 0 amide bonds. The van der Waals surface area contributed by atoms with Gasteiger partial charge in [0.05, 0.1) is 130 Å². The maximum Gasteiger partial charge on any atom is 0.472 e. The minimum Gasteiger partial charge on any atom is -0.387 e. The van der Waals surface area contributed by atoms with Gasteiger partial charge in [-0.25, -0.2) is 58.4 Å². The molecule has 0 bridgehead atoms. The summed E-state index contributed by atoms with van der Waals surface area (Å²) in [6.45, 7) is -13.8. The number of phosphoric ester groups is 2. The molecular formula is C76H110N23O38P5S3. The highest BCUT2D eigenvalue weighted by Gasteiger charge is 2.59. The maximum absolute atomic E-state index is 15.4. The first-order chi connectivity index (χ1) is 69.0. The quantitative estimate of drug-likeness (QED) is 0.0150. The number of nitrogen functional groups attached to an aromatic ring is 5. The number of fused-ring (bicyclic) bond motifs is 3. The fraction of sp³-hybridized carbons (Fsp3) is 0.645. The number of aromatic nitrogens is 18. The molecule has 15 rings (SSSR count). The SMILES string of the molecule is COCCO[C@H]1C(O)[C@@H](COP(O)(=S)OC2[C@@H](COP(=O)(O)OC3[C@@H](COP(O)(=S)OC4[C@@H](COP(=O)(O)OC5[C@@H](CCP(O)(=S)OC6C[C@H](n7cnc8c(N)ncnc87)O[C@@H]6C)O[C@@H](n6cc(C)c(N)nc6=O)[C@H]5OCCOC)O[C@@H](n5cnc6c(N)ncnc65)[C@H]4OCCOC)O[C@@H](n4cnc5c(=O)[nH]c(N)nc54)[C@H]3OCCOC)O[C@@H](n3cc(C)c(N)nc3=O)[C@H]2OCCOC)O[C@H]1n1cc(C)c(=O)[nH]c1=O. The molecule has 6 saturated heterocycles. The number of hydrogen-bond acceptors (Lipinski definition) is 51.